The minimum atomic E-state index is -0.284. The SMILES string of the molecule is CCOC(=O)c1ccc(OCCC2CCCCN2C)cc1. The maximum Gasteiger partial charge on any atom is 0.338 e. The van der Waals surface area contributed by atoms with Gasteiger partial charge in [-0.05, 0) is 64.0 Å². The van der Waals surface area contributed by atoms with Crippen molar-refractivity contribution in [2.24, 2.45) is 0 Å². The van der Waals surface area contributed by atoms with E-state index in [1.54, 1.807) is 19.1 Å². The van der Waals surface area contributed by atoms with Crippen molar-refractivity contribution in [2.45, 2.75) is 38.6 Å². The smallest absolute Gasteiger partial charge is 0.338 e. The van der Waals surface area contributed by atoms with E-state index in [1.807, 2.05) is 12.1 Å². The lowest BCUT2D eigenvalue weighted by atomic mass is 10.0. The van der Waals surface area contributed by atoms with Gasteiger partial charge in [0.15, 0.2) is 0 Å². The molecule has 1 aromatic rings. The van der Waals surface area contributed by atoms with Crippen molar-refractivity contribution in [3.63, 3.8) is 0 Å². The number of ether oxygens (including phenoxy) is 2. The molecular formula is C17H25NO3. The lowest BCUT2D eigenvalue weighted by Crippen LogP contribution is -2.37. The van der Waals surface area contributed by atoms with Crippen molar-refractivity contribution >= 4 is 5.97 Å². The highest BCUT2D eigenvalue weighted by Crippen LogP contribution is 2.19. The number of benzene rings is 1. The van der Waals surface area contributed by atoms with E-state index in [4.69, 9.17) is 9.47 Å². The van der Waals surface area contributed by atoms with E-state index < -0.39 is 0 Å². The monoisotopic (exact) mass is 291 g/mol. The molecule has 0 aliphatic carbocycles. The van der Waals surface area contributed by atoms with Gasteiger partial charge < -0.3 is 14.4 Å². The molecule has 2 rings (SSSR count). The fourth-order valence-electron chi connectivity index (χ4n) is 2.72. The summed E-state index contributed by atoms with van der Waals surface area (Å²) < 4.78 is 10.7. The molecule has 0 radical (unpaired) electrons. The molecule has 0 N–H and O–H groups in total. The van der Waals surface area contributed by atoms with Gasteiger partial charge in [-0.1, -0.05) is 6.42 Å². The molecule has 1 heterocycles. The minimum absolute atomic E-state index is 0.284. The Bertz CT molecular complexity index is 444. The van der Waals surface area contributed by atoms with Crippen LogP contribution in [0.15, 0.2) is 24.3 Å². The number of piperidine rings is 1. The van der Waals surface area contributed by atoms with Gasteiger partial charge >= 0.3 is 5.97 Å². The molecule has 0 saturated carbocycles. The van der Waals surface area contributed by atoms with Crippen molar-refractivity contribution in [2.75, 3.05) is 26.8 Å². The van der Waals surface area contributed by atoms with Gasteiger partial charge in [0.25, 0.3) is 0 Å². The average Bonchev–Trinajstić information content (AvgIpc) is 2.50. The zero-order valence-corrected chi connectivity index (χ0v) is 13.0. The first-order valence-electron chi connectivity index (χ1n) is 7.81. The zero-order chi connectivity index (χ0) is 15.1. The Morgan fingerprint density at radius 1 is 1.29 bits per heavy atom. The third-order valence-electron chi connectivity index (χ3n) is 4.01. The molecule has 116 valence electrons. The summed E-state index contributed by atoms with van der Waals surface area (Å²) in [5.41, 5.74) is 0.566. The normalized spacial score (nSPS) is 19.2. The van der Waals surface area contributed by atoms with E-state index in [9.17, 15) is 4.79 Å². The maximum absolute atomic E-state index is 11.5. The molecule has 0 aromatic heterocycles. The van der Waals surface area contributed by atoms with E-state index in [2.05, 4.69) is 11.9 Å². The Labute approximate surface area is 127 Å². The third-order valence-corrected chi connectivity index (χ3v) is 4.01. The zero-order valence-electron chi connectivity index (χ0n) is 13.0. The lowest BCUT2D eigenvalue weighted by molar-refractivity contribution is 0.0526. The van der Waals surface area contributed by atoms with Gasteiger partial charge in [0, 0.05) is 6.04 Å². The van der Waals surface area contributed by atoms with Crippen molar-refractivity contribution in [3.8, 4) is 5.75 Å². The summed E-state index contributed by atoms with van der Waals surface area (Å²) in [6, 6.07) is 7.80. The van der Waals surface area contributed by atoms with Crippen molar-refractivity contribution in [1.82, 2.24) is 4.90 Å². The second-order valence-electron chi connectivity index (χ2n) is 5.51. The molecule has 1 aliphatic rings. The summed E-state index contributed by atoms with van der Waals surface area (Å²) in [6.45, 7) is 4.11. The molecule has 4 heteroatoms. The predicted octanol–water partition coefficient (Wildman–Crippen LogP) is 3.12. The van der Waals surface area contributed by atoms with Crippen LogP contribution in [0.4, 0.5) is 0 Å². The second kappa shape index (κ2) is 8.03. The number of hydrogen-bond donors (Lipinski definition) is 0. The largest absolute Gasteiger partial charge is 0.494 e. The quantitative estimate of drug-likeness (QED) is 0.755. The highest BCUT2D eigenvalue weighted by molar-refractivity contribution is 5.89. The summed E-state index contributed by atoms with van der Waals surface area (Å²) in [6.07, 6.45) is 4.95. The van der Waals surface area contributed by atoms with Gasteiger partial charge in [-0.3, -0.25) is 0 Å². The third kappa shape index (κ3) is 4.74. The standard InChI is InChI=1S/C17H25NO3/c1-3-20-17(19)14-7-9-16(10-8-14)21-13-11-15-6-4-5-12-18(15)2/h7-10,15H,3-6,11-13H2,1-2H3. The summed E-state index contributed by atoms with van der Waals surface area (Å²) in [5, 5.41) is 0. The summed E-state index contributed by atoms with van der Waals surface area (Å²) in [4.78, 5) is 14.0. The van der Waals surface area contributed by atoms with Gasteiger partial charge in [-0.15, -0.1) is 0 Å². The minimum Gasteiger partial charge on any atom is -0.494 e. The van der Waals surface area contributed by atoms with Crippen molar-refractivity contribution in [1.29, 1.82) is 0 Å². The topological polar surface area (TPSA) is 38.8 Å². The lowest BCUT2D eigenvalue weighted by Gasteiger charge is -2.32. The predicted molar refractivity (Wildman–Crippen MR) is 82.8 cm³/mol. The van der Waals surface area contributed by atoms with Gasteiger partial charge in [0.05, 0.1) is 18.8 Å². The first kappa shape index (κ1) is 15.8. The molecule has 21 heavy (non-hydrogen) atoms. The van der Waals surface area contributed by atoms with E-state index in [0.717, 1.165) is 12.2 Å². The van der Waals surface area contributed by atoms with E-state index >= 15 is 0 Å². The average molecular weight is 291 g/mol. The first-order valence-corrected chi connectivity index (χ1v) is 7.81. The molecule has 0 amide bonds. The van der Waals surface area contributed by atoms with Crippen molar-refractivity contribution < 1.29 is 14.3 Å². The summed E-state index contributed by atoms with van der Waals surface area (Å²) in [7, 11) is 2.19. The molecule has 0 bridgehead atoms. The number of esters is 1. The van der Waals surface area contributed by atoms with Crippen LogP contribution in [-0.2, 0) is 4.74 Å². The van der Waals surface area contributed by atoms with Crippen LogP contribution in [-0.4, -0.2) is 43.7 Å². The molecule has 1 aromatic carbocycles. The van der Waals surface area contributed by atoms with Crippen LogP contribution in [0, 0.1) is 0 Å². The molecule has 1 aliphatic heterocycles. The number of likely N-dealkylation sites (tertiary alicyclic amines) is 1. The first-order chi connectivity index (χ1) is 10.2. The van der Waals surface area contributed by atoms with Gasteiger partial charge in [0.2, 0.25) is 0 Å². The van der Waals surface area contributed by atoms with E-state index in [1.165, 1.54) is 25.8 Å². The van der Waals surface area contributed by atoms with Gasteiger partial charge in [0.1, 0.15) is 5.75 Å². The number of rotatable bonds is 6. The maximum atomic E-state index is 11.5. The molecular weight excluding hydrogens is 266 g/mol. The summed E-state index contributed by atoms with van der Waals surface area (Å²) in [5.74, 6) is 0.523. The van der Waals surface area contributed by atoms with E-state index in [-0.39, 0.29) is 5.97 Å². The molecule has 0 spiro atoms. The highest BCUT2D eigenvalue weighted by atomic mass is 16.5. The Kier molecular flexibility index (Phi) is 6.05. The second-order valence-corrected chi connectivity index (χ2v) is 5.51. The number of carbonyl (C=O) groups is 1. The summed E-state index contributed by atoms with van der Waals surface area (Å²) >= 11 is 0. The molecule has 1 atom stereocenters. The Morgan fingerprint density at radius 2 is 2.05 bits per heavy atom. The Morgan fingerprint density at radius 3 is 2.71 bits per heavy atom. The highest BCUT2D eigenvalue weighted by Gasteiger charge is 2.18. The van der Waals surface area contributed by atoms with E-state index in [0.29, 0.717) is 24.8 Å². The molecule has 4 nitrogen and oxygen atoms in total. The number of carbonyl (C=O) groups excluding carboxylic acids is 1. The van der Waals surface area contributed by atoms with Crippen LogP contribution in [0.1, 0.15) is 43.0 Å². The Balaban J connectivity index is 1.77. The molecule has 1 unspecified atom stereocenters. The number of nitrogens with zero attached hydrogens (tertiary/aromatic N) is 1. The fourth-order valence-corrected chi connectivity index (χ4v) is 2.72. The van der Waals surface area contributed by atoms with Crippen LogP contribution >= 0.6 is 0 Å². The molecule has 1 saturated heterocycles. The van der Waals surface area contributed by atoms with Gasteiger partial charge in [-0.25, -0.2) is 4.79 Å². The van der Waals surface area contributed by atoms with Crippen LogP contribution in [0.2, 0.25) is 0 Å². The van der Waals surface area contributed by atoms with Crippen LogP contribution < -0.4 is 4.74 Å². The van der Waals surface area contributed by atoms with Crippen LogP contribution in [0.5, 0.6) is 5.75 Å². The molecule has 1 fully saturated rings. The number of hydrogen-bond acceptors (Lipinski definition) is 4. The van der Waals surface area contributed by atoms with Gasteiger partial charge in [-0.2, -0.15) is 0 Å². The van der Waals surface area contributed by atoms with Crippen molar-refractivity contribution in [3.05, 3.63) is 29.8 Å². The van der Waals surface area contributed by atoms with Crippen LogP contribution in [0.25, 0.3) is 0 Å². The van der Waals surface area contributed by atoms with Crippen LogP contribution in [0.3, 0.4) is 0 Å². The Hall–Kier alpha value is -1.55. The fraction of sp³-hybridized carbons (Fsp3) is 0.588.